The number of aromatic carboxylic acids is 2. The van der Waals surface area contributed by atoms with E-state index in [0.717, 1.165) is 17.4 Å². The largest absolute Gasteiger partial charge is 0.495 e. The first-order valence-electron chi connectivity index (χ1n) is 11.2. The molecule has 186 valence electrons. The number of thiocarbonyl (C=S) groups is 1. The van der Waals surface area contributed by atoms with E-state index in [2.05, 4.69) is 10.3 Å². The molecule has 4 aromatic rings. The maximum atomic E-state index is 11.6. The van der Waals surface area contributed by atoms with Gasteiger partial charge in [-0.05, 0) is 66.8 Å². The van der Waals surface area contributed by atoms with Crippen molar-refractivity contribution in [2.24, 2.45) is 0 Å². The molecule has 1 aliphatic rings. The summed E-state index contributed by atoms with van der Waals surface area (Å²) in [5, 5.41) is 22.7. The maximum absolute atomic E-state index is 11.6. The van der Waals surface area contributed by atoms with Gasteiger partial charge < -0.3 is 29.6 Å². The zero-order valence-electron chi connectivity index (χ0n) is 19.5. The molecule has 10 heteroatoms. The van der Waals surface area contributed by atoms with Gasteiger partial charge in [-0.3, -0.25) is 4.98 Å². The fraction of sp³-hybridized carbons (Fsp3) is 0.111. The van der Waals surface area contributed by atoms with Crippen molar-refractivity contribution in [2.45, 2.75) is 12.1 Å². The van der Waals surface area contributed by atoms with E-state index < -0.39 is 18.0 Å². The van der Waals surface area contributed by atoms with E-state index in [4.69, 9.17) is 21.4 Å². The van der Waals surface area contributed by atoms with Crippen molar-refractivity contribution in [3.8, 4) is 17.1 Å². The second-order valence-electron chi connectivity index (χ2n) is 8.28. The summed E-state index contributed by atoms with van der Waals surface area (Å²) in [5.41, 5.74) is 1.49. The van der Waals surface area contributed by atoms with Gasteiger partial charge in [-0.1, -0.05) is 18.2 Å². The number of aromatic nitrogens is 1. The number of carbonyl (C=O) groups is 2. The van der Waals surface area contributed by atoms with Crippen LogP contribution in [0.15, 0.2) is 83.4 Å². The number of anilines is 1. The van der Waals surface area contributed by atoms with Crippen LogP contribution >= 0.6 is 12.2 Å². The van der Waals surface area contributed by atoms with Crippen LogP contribution in [0.3, 0.4) is 0 Å². The predicted molar refractivity (Wildman–Crippen MR) is 139 cm³/mol. The second kappa shape index (κ2) is 9.75. The van der Waals surface area contributed by atoms with Gasteiger partial charge in [0.25, 0.3) is 0 Å². The van der Waals surface area contributed by atoms with Crippen LogP contribution in [0.25, 0.3) is 11.3 Å². The van der Waals surface area contributed by atoms with Gasteiger partial charge in [-0.25, -0.2) is 9.59 Å². The summed E-state index contributed by atoms with van der Waals surface area (Å²) >= 11 is 5.74. The molecule has 1 saturated heterocycles. The van der Waals surface area contributed by atoms with Crippen LogP contribution in [-0.2, 0) is 0 Å². The lowest BCUT2D eigenvalue weighted by Crippen LogP contribution is -2.29. The lowest BCUT2D eigenvalue weighted by atomic mass is 10.0. The number of hydrogen-bond donors (Lipinski definition) is 3. The van der Waals surface area contributed by atoms with Crippen LogP contribution in [0.1, 0.15) is 44.3 Å². The van der Waals surface area contributed by atoms with Gasteiger partial charge >= 0.3 is 11.9 Å². The zero-order valence-corrected chi connectivity index (χ0v) is 20.3. The molecule has 3 N–H and O–H groups in total. The predicted octanol–water partition coefficient (Wildman–Crippen LogP) is 4.92. The van der Waals surface area contributed by atoms with Crippen molar-refractivity contribution in [3.05, 3.63) is 102 Å². The Labute approximate surface area is 216 Å². The number of para-hydroxylation sites is 2. The van der Waals surface area contributed by atoms with Crippen LogP contribution in [0, 0.1) is 0 Å². The molecule has 1 fully saturated rings. The Bertz CT molecular complexity index is 1470. The molecule has 2 unspecified atom stereocenters. The summed E-state index contributed by atoms with van der Waals surface area (Å²) in [4.78, 5) is 29.6. The maximum Gasteiger partial charge on any atom is 0.335 e. The first-order chi connectivity index (χ1) is 17.9. The third-order valence-electron chi connectivity index (χ3n) is 6.07. The summed E-state index contributed by atoms with van der Waals surface area (Å²) in [6, 6.07) is 19.5. The minimum absolute atomic E-state index is 0.154. The first-order valence-corrected chi connectivity index (χ1v) is 11.6. The number of benzene rings is 2. The Morgan fingerprint density at radius 3 is 2.35 bits per heavy atom. The Morgan fingerprint density at radius 2 is 1.70 bits per heavy atom. The molecule has 1 aliphatic heterocycles. The number of rotatable bonds is 7. The van der Waals surface area contributed by atoms with Crippen LogP contribution in [0.5, 0.6) is 5.75 Å². The Morgan fingerprint density at radius 1 is 1.00 bits per heavy atom. The molecule has 2 aromatic carbocycles. The number of nitrogens with one attached hydrogen (secondary N) is 1. The highest BCUT2D eigenvalue weighted by atomic mass is 32.1. The van der Waals surface area contributed by atoms with E-state index in [9.17, 15) is 19.8 Å². The zero-order chi connectivity index (χ0) is 26.1. The third kappa shape index (κ3) is 4.50. The van der Waals surface area contributed by atoms with Gasteiger partial charge in [0.1, 0.15) is 23.3 Å². The van der Waals surface area contributed by atoms with Crippen molar-refractivity contribution in [1.82, 2.24) is 10.3 Å². The molecule has 5 rings (SSSR count). The minimum atomic E-state index is -1.24. The molecule has 0 bridgehead atoms. The summed E-state index contributed by atoms with van der Waals surface area (Å²) in [7, 11) is 1.58. The van der Waals surface area contributed by atoms with E-state index in [0.29, 0.717) is 27.9 Å². The van der Waals surface area contributed by atoms with Crippen molar-refractivity contribution in [1.29, 1.82) is 0 Å². The standard InChI is InChI=1S/C27H21N3O6S/c1-35-21-8-3-2-7-19(21)30-24(23(29-27(30)37)18-6-4-5-11-28-18)22-10-9-20(36-22)15-12-16(25(31)32)14-17(13-15)26(33)34/h2-14,23-24H,1H3,(H,29,37)(H,31,32)(H,33,34). The van der Waals surface area contributed by atoms with Crippen LogP contribution in [-0.4, -0.2) is 39.4 Å². The van der Waals surface area contributed by atoms with Crippen LogP contribution in [0.4, 0.5) is 5.69 Å². The SMILES string of the molecule is COc1ccccc1N1C(=S)NC(c2ccccn2)C1c1ccc(-c2cc(C(=O)O)cc(C(=O)O)c2)o1. The Kier molecular flexibility index (Phi) is 6.33. The fourth-order valence-electron chi connectivity index (χ4n) is 4.42. The molecule has 2 atom stereocenters. The van der Waals surface area contributed by atoms with E-state index >= 15 is 0 Å². The molecule has 2 aromatic heterocycles. The summed E-state index contributed by atoms with van der Waals surface area (Å²) in [6.07, 6.45) is 1.70. The number of carboxylic acids is 2. The first kappa shape index (κ1) is 24.0. The number of methoxy groups -OCH3 is 1. The molecular weight excluding hydrogens is 494 g/mol. The highest BCUT2D eigenvalue weighted by Crippen LogP contribution is 2.45. The highest BCUT2D eigenvalue weighted by molar-refractivity contribution is 7.80. The number of nitrogens with zero attached hydrogens (tertiary/aromatic N) is 2. The summed E-state index contributed by atoms with van der Waals surface area (Å²) in [5.74, 6) is -1.02. The molecule has 0 saturated carbocycles. The van der Waals surface area contributed by atoms with Gasteiger partial charge in [-0.2, -0.15) is 0 Å². The number of pyridine rings is 1. The average molecular weight is 516 g/mol. The molecule has 0 aliphatic carbocycles. The fourth-order valence-corrected chi connectivity index (χ4v) is 4.75. The summed E-state index contributed by atoms with van der Waals surface area (Å²) < 4.78 is 11.8. The number of ether oxygens (including phenoxy) is 1. The number of hydrogen-bond acceptors (Lipinski definition) is 6. The Balaban J connectivity index is 1.63. The van der Waals surface area contributed by atoms with Gasteiger partial charge in [0.05, 0.1) is 35.7 Å². The second-order valence-corrected chi connectivity index (χ2v) is 8.67. The highest BCUT2D eigenvalue weighted by Gasteiger charge is 2.43. The lowest BCUT2D eigenvalue weighted by molar-refractivity contribution is 0.0696. The van der Waals surface area contributed by atoms with Gasteiger partial charge in [0, 0.05) is 11.8 Å². The average Bonchev–Trinajstić information content (AvgIpc) is 3.53. The van der Waals surface area contributed by atoms with Crippen molar-refractivity contribution >= 4 is 35.0 Å². The molecular formula is C27H21N3O6S. The normalized spacial score (nSPS) is 16.9. The lowest BCUT2D eigenvalue weighted by Gasteiger charge is -2.27. The van der Waals surface area contributed by atoms with Crippen molar-refractivity contribution in [2.75, 3.05) is 12.0 Å². The van der Waals surface area contributed by atoms with E-state index in [1.165, 1.54) is 12.1 Å². The summed E-state index contributed by atoms with van der Waals surface area (Å²) in [6.45, 7) is 0. The molecule has 3 heterocycles. The number of furan rings is 1. The number of carboxylic acid groups (broad SMARTS) is 2. The van der Waals surface area contributed by atoms with E-state index in [1.54, 1.807) is 25.4 Å². The van der Waals surface area contributed by atoms with Crippen LogP contribution < -0.4 is 15.0 Å². The minimum Gasteiger partial charge on any atom is -0.495 e. The quantitative estimate of drug-likeness (QED) is 0.292. The molecule has 0 amide bonds. The third-order valence-corrected chi connectivity index (χ3v) is 6.39. The monoisotopic (exact) mass is 515 g/mol. The van der Waals surface area contributed by atoms with Gasteiger partial charge in [-0.15, -0.1) is 0 Å². The van der Waals surface area contributed by atoms with Crippen LogP contribution in [0.2, 0.25) is 0 Å². The molecule has 0 spiro atoms. The van der Waals surface area contributed by atoms with Gasteiger partial charge in [0.15, 0.2) is 5.11 Å². The van der Waals surface area contributed by atoms with E-state index in [-0.39, 0.29) is 17.2 Å². The van der Waals surface area contributed by atoms with E-state index in [1.807, 2.05) is 47.4 Å². The molecule has 9 nitrogen and oxygen atoms in total. The molecule has 37 heavy (non-hydrogen) atoms. The molecule has 0 radical (unpaired) electrons. The van der Waals surface area contributed by atoms with Crippen molar-refractivity contribution < 1.29 is 29.0 Å². The van der Waals surface area contributed by atoms with Crippen molar-refractivity contribution in [3.63, 3.8) is 0 Å². The van der Waals surface area contributed by atoms with Gasteiger partial charge in [0.2, 0.25) is 0 Å². The topological polar surface area (TPSA) is 125 Å². The smallest absolute Gasteiger partial charge is 0.335 e. The Hall–Kier alpha value is -4.70.